The van der Waals surface area contributed by atoms with Gasteiger partial charge in [-0.15, -0.1) is 0 Å². The summed E-state index contributed by atoms with van der Waals surface area (Å²) in [5.74, 6) is -1.89. The number of ether oxygens (including phenoxy) is 3. The first-order chi connectivity index (χ1) is 18.9. The van der Waals surface area contributed by atoms with Crippen LogP contribution in [0.4, 0.5) is 9.18 Å². The van der Waals surface area contributed by atoms with Crippen LogP contribution < -0.4 is 4.74 Å². The molecule has 0 atom stereocenters. The predicted molar refractivity (Wildman–Crippen MR) is 144 cm³/mol. The highest BCUT2D eigenvalue weighted by Gasteiger charge is 2.31. The number of rotatable bonds is 6. The smallest absolute Gasteiger partial charge is 0.410 e. The fourth-order valence-electron chi connectivity index (χ4n) is 4.51. The van der Waals surface area contributed by atoms with Crippen LogP contribution in [-0.2, 0) is 9.47 Å². The third-order valence-electron chi connectivity index (χ3n) is 6.37. The number of carbonyl (C=O) groups excluding carboxylic acids is 3. The molecule has 11 nitrogen and oxygen atoms in total. The summed E-state index contributed by atoms with van der Waals surface area (Å²) >= 11 is 0. The molecule has 0 unspecified atom stereocenters. The molecule has 1 fully saturated rings. The first-order valence-electron chi connectivity index (χ1n) is 13.1. The lowest BCUT2D eigenvalue weighted by Gasteiger charge is -2.34. The minimum Gasteiger partial charge on any atom is -0.462 e. The van der Waals surface area contributed by atoms with Crippen LogP contribution in [-0.4, -0.2) is 81.7 Å². The second-order valence-corrected chi connectivity index (χ2v) is 10.7. The van der Waals surface area contributed by atoms with E-state index >= 15 is 0 Å². The Morgan fingerprint density at radius 3 is 2.42 bits per heavy atom. The van der Waals surface area contributed by atoms with E-state index in [1.54, 1.807) is 32.1 Å². The Morgan fingerprint density at radius 2 is 1.82 bits per heavy atom. The number of aromatic nitrogens is 3. The fraction of sp³-hybridized carbons (Fsp3) is 0.464. The minimum atomic E-state index is -0.758. The number of likely N-dealkylation sites (tertiary alicyclic amines) is 1. The lowest BCUT2D eigenvalue weighted by atomic mass is 10.1. The molecule has 2 aromatic heterocycles. The maximum Gasteiger partial charge on any atom is 0.410 e. The number of halogens is 1. The van der Waals surface area contributed by atoms with Crippen LogP contribution in [0, 0.1) is 5.82 Å². The van der Waals surface area contributed by atoms with Crippen LogP contribution in [0.5, 0.6) is 11.6 Å². The zero-order valence-corrected chi connectivity index (χ0v) is 23.6. The standard InChI is InChI=1S/C28H34FN5O6/c1-7-38-26(36)19-15-34(18-10-12-33(13-11-18)27(37)40-28(2,3)4)23-22(19)24(31-16-30-23)39-21-9-8-17(14-20(21)29)25(35)32(5)6/h8-9,14-16,18H,7,10-13H2,1-6H3. The number of esters is 1. The SMILES string of the molecule is CCOC(=O)c1cn(C2CCN(C(=O)OC(C)(C)C)CC2)c2ncnc(Oc3ccc(C(=O)N(C)C)cc3F)c12. The minimum absolute atomic E-state index is 0.0245. The summed E-state index contributed by atoms with van der Waals surface area (Å²) in [6, 6.07) is 3.80. The molecule has 1 aromatic carbocycles. The molecule has 0 spiro atoms. The highest BCUT2D eigenvalue weighted by molar-refractivity contribution is 6.05. The number of nitrogens with zero attached hydrogens (tertiary/aromatic N) is 5. The van der Waals surface area contributed by atoms with Crippen molar-refractivity contribution in [3.8, 4) is 11.6 Å². The summed E-state index contributed by atoms with van der Waals surface area (Å²) in [5, 5.41) is 0.281. The molecule has 1 aliphatic rings. The van der Waals surface area contributed by atoms with E-state index in [0.717, 1.165) is 6.07 Å². The monoisotopic (exact) mass is 555 g/mol. The lowest BCUT2D eigenvalue weighted by molar-refractivity contribution is 0.0189. The highest BCUT2D eigenvalue weighted by Crippen LogP contribution is 2.36. The molecule has 214 valence electrons. The van der Waals surface area contributed by atoms with E-state index in [4.69, 9.17) is 14.2 Å². The molecule has 0 N–H and O–H groups in total. The van der Waals surface area contributed by atoms with Crippen molar-refractivity contribution in [2.24, 2.45) is 0 Å². The van der Waals surface area contributed by atoms with Crippen molar-refractivity contribution in [3.05, 3.63) is 47.7 Å². The average Bonchev–Trinajstić information content (AvgIpc) is 3.29. The van der Waals surface area contributed by atoms with Crippen molar-refractivity contribution in [1.82, 2.24) is 24.3 Å². The predicted octanol–water partition coefficient (Wildman–Crippen LogP) is 4.81. The van der Waals surface area contributed by atoms with Crippen molar-refractivity contribution in [3.63, 3.8) is 0 Å². The Kier molecular flexibility index (Phi) is 8.26. The molecule has 0 bridgehead atoms. The molecule has 3 aromatic rings. The van der Waals surface area contributed by atoms with Gasteiger partial charge in [-0.25, -0.2) is 23.9 Å². The average molecular weight is 556 g/mol. The van der Waals surface area contributed by atoms with Gasteiger partial charge in [0.1, 0.15) is 17.6 Å². The molecule has 2 amide bonds. The quantitative estimate of drug-likeness (QED) is 0.398. The number of fused-ring (bicyclic) bond motifs is 1. The summed E-state index contributed by atoms with van der Waals surface area (Å²) in [5.41, 5.74) is 0.179. The van der Waals surface area contributed by atoms with E-state index in [1.165, 1.54) is 23.4 Å². The zero-order chi connectivity index (χ0) is 29.2. The second kappa shape index (κ2) is 11.5. The summed E-state index contributed by atoms with van der Waals surface area (Å²) in [7, 11) is 3.15. The Morgan fingerprint density at radius 1 is 1.12 bits per heavy atom. The van der Waals surface area contributed by atoms with Crippen molar-refractivity contribution in [2.45, 2.75) is 52.2 Å². The van der Waals surface area contributed by atoms with Crippen LogP contribution in [0.3, 0.4) is 0 Å². The third-order valence-corrected chi connectivity index (χ3v) is 6.37. The highest BCUT2D eigenvalue weighted by atomic mass is 19.1. The van der Waals surface area contributed by atoms with E-state index < -0.39 is 17.4 Å². The topological polar surface area (TPSA) is 116 Å². The van der Waals surface area contributed by atoms with Gasteiger partial charge in [0.15, 0.2) is 11.6 Å². The zero-order valence-electron chi connectivity index (χ0n) is 23.6. The Hall–Kier alpha value is -4.22. The molecular weight excluding hydrogens is 521 g/mol. The number of benzene rings is 1. The van der Waals surface area contributed by atoms with Crippen molar-refractivity contribution >= 4 is 29.0 Å². The van der Waals surface area contributed by atoms with E-state index in [-0.39, 0.29) is 52.8 Å². The molecule has 3 heterocycles. The van der Waals surface area contributed by atoms with E-state index in [9.17, 15) is 18.8 Å². The van der Waals surface area contributed by atoms with E-state index in [0.29, 0.717) is 31.6 Å². The molecule has 0 radical (unpaired) electrons. The molecule has 40 heavy (non-hydrogen) atoms. The van der Waals surface area contributed by atoms with Crippen molar-refractivity contribution in [1.29, 1.82) is 0 Å². The van der Waals surface area contributed by atoms with Gasteiger partial charge in [-0.3, -0.25) is 4.79 Å². The fourth-order valence-corrected chi connectivity index (χ4v) is 4.51. The van der Waals surface area contributed by atoms with Crippen molar-refractivity contribution in [2.75, 3.05) is 33.8 Å². The summed E-state index contributed by atoms with van der Waals surface area (Å²) in [6.07, 6.45) is 3.76. The maximum atomic E-state index is 15.0. The van der Waals surface area contributed by atoms with Gasteiger partial charge in [0, 0.05) is 45.0 Å². The molecule has 0 aliphatic carbocycles. The molecule has 1 saturated heterocycles. The Balaban J connectivity index is 1.66. The van der Waals surface area contributed by atoms with Crippen LogP contribution in [0.1, 0.15) is 67.3 Å². The molecule has 1 aliphatic heterocycles. The normalized spacial score (nSPS) is 14.2. The van der Waals surface area contributed by atoms with Gasteiger partial charge < -0.3 is 28.6 Å². The second-order valence-electron chi connectivity index (χ2n) is 10.7. The maximum absolute atomic E-state index is 15.0. The van der Waals surface area contributed by atoms with E-state index in [1.807, 2.05) is 25.3 Å². The first kappa shape index (κ1) is 28.8. The van der Waals surface area contributed by atoms with Crippen LogP contribution in [0.15, 0.2) is 30.7 Å². The molecule has 0 saturated carbocycles. The molecule has 4 rings (SSSR count). The summed E-state index contributed by atoms with van der Waals surface area (Å²) < 4.78 is 33.4. The van der Waals surface area contributed by atoms with Gasteiger partial charge in [-0.1, -0.05) is 0 Å². The molecular formula is C28H34FN5O6. The number of amides is 2. The first-order valence-corrected chi connectivity index (χ1v) is 13.1. The van der Waals surface area contributed by atoms with Gasteiger partial charge in [0.05, 0.1) is 17.6 Å². The Bertz CT molecular complexity index is 1420. The van der Waals surface area contributed by atoms with Crippen LogP contribution >= 0.6 is 0 Å². The number of carbonyl (C=O) groups is 3. The van der Waals surface area contributed by atoms with Crippen LogP contribution in [0.25, 0.3) is 11.0 Å². The number of piperidine rings is 1. The summed E-state index contributed by atoms with van der Waals surface area (Å²) in [6.45, 7) is 8.25. The van der Waals surface area contributed by atoms with Gasteiger partial charge >= 0.3 is 12.1 Å². The largest absolute Gasteiger partial charge is 0.462 e. The third kappa shape index (κ3) is 6.16. The van der Waals surface area contributed by atoms with Gasteiger partial charge in [-0.05, 0) is 58.7 Å². The van der Waals surface area contributed by atoms with Gasteiger partial charge in [-0.2, -0.15) is 0 Å². The molecule has 12 heteroatoms. The van der Waals surface area contributed by atoms with E-state index in [2.05, 4.69) is 9.97 Å². The lowest BCUT2D eigenvalue weighted by Crippen LogP contribution is -2.42. The summed E-state index contributed by atoms with van der Waals surface area (Å²) in [4.78, 5) is 49.3. The Labute approximate surface area is 231 Å². The number of hydrogen-bond acceptors (Lipinski definition) is 8. The van der Waals surface area contributed by atoms with Gasteiger partial charge in [0.25, 0.3) is 5.91 Å². The number of hydrogen-bond donors (Lipinski definition) is 0. The van der Waals surface area contributed by atoms with Crippen LogP contribution in [0.2, 0.25) is 0 Å². The van der Waals surface area contributed by atoms with Gasteiger partial charge in [0.2, 0.25) is 5.88 Å². The van der Waals surface area contributed by atoms with Crippen molar-refractivity contribution < 1.29 is 33.0 Å².